The molecule has 1 aliphatic rings. The molecule has 0 bridgehead atoms. The number of hydrogen-bond donors (Lipinski definition) is 0. The molecule has 1 aliphatic heterocycles. The number of carbonyl (C=O) groups excluding carboxylic acids is 4. The second-order valence-electron chi connectivity index (χ2n) is 6.39. The highest BCUT2D eigenvalue weighted by atomic mass is 16.5. The molecule has 0 atom stereocenters. The lowest BCUT2D eigenvalue weighted by atomic mass is 10.1. The first kappa shape index (κ1) is 18.6. The van der Waals surface area contributed by atoms with Crippen molar-refractivity contribution in [1.29, 1.82) is 0 Å². The number of benzene rings is 1. The molecule has 7 nitrogen and oxygen atoms in total. The summed E-state index contributed by atoms with van der Waals surface area (Å²) < 4.78 is 5.01. The van der Waals surface area contributed by atoms with Crippen molar-refractivity contribution in [2.75, 3.05) is 18.1 Å². The van der Waals surface area contributed by atoms with Gasteiger partial charge in [0.05, 0.1) is 11.3 Å². The maximum atomic E-state index is 12.2. The summed E-state index contributed by atoms with van der Waals surface area (Å²) in [5.41, 5.74) is 0.647. The number of fused-ring (bicyclic) bond motifs is 1. The molecule has 0 aliphatic carbocycles. The molecule has 2 amide bonds. The van der Waals surface area contributed by atoms with E-state index in [4.69, 9.17) is 4.74 Å². The molecular weight excluding hydrogens is 324 g/mol. The predicted octanol–water partition coefficient (Wildman–Crippen LogP) is 1.40. The fourth-order valence-electron chi connectivity index (χ4n) is 2.97. The lowest BCUT2D eigenvalue weighted by molar-refractivity contribution is -0.152. The molecule has 7 heteroatoms. The zero-order valence-electron chi connectivity index (χ0n) is 14.8. The lowest BCUT2D eigenvalue weighted by Gasteiger charge is -2.30. The molecule has 0 N–H and O–H groups in total. The summed E-state index contributed by atoms with van der Waals surface area (Å²) in [6.45, 7) is 6.72. The normalized spacial score (nSPS) is 13.4. The Labute approximate surface area is 146 Å². The number of carbonyl (C=O) groups is 4. The maximum absolute atomic E-state index is 12.2. The molecule has 25 heavy (non-hydrogen) atoms. The average Bonchev–Trinajstić information content (AvgIpc) is 2.78. The van der Waals surface area contributed by atoms with E-state index >= 15 is 0 Å². The van der Waals surface area contributed by atoms with Gasteiger partial charge in [-0.05, 0) is 39.8 Å². The van der Waals surface area contributed by atoms with Crippen molar-refractivity contribution in [3.8, 4) is 0 Å². The zero-order valence-corrected chi connectivity index (χ0v) is 14.8. The topological polar surface area (TPSA) is 84.0 Å². The zero-order chi connectivity index (χ0) is 18.7. The fourth-order valence-corrected chi connectivity index (χ4v) is 2.97. The van der Waals surface area contributed by atoms with Gasteiger partial charge in [0.2, 0.25) is 0 Å². The van der Waals surface area contributed by atoms with E-state index in [1.54, 1.807) is 23.1 Å². The van der Waals surface area contributed by atoms with E-state index in [-0.39, 0.29) is 23.6 Å². The highest BCUT2D eigenvalue weighted by Gasteiger charge is 2.36. The van der Waals surface area contributed by atoms with Crippen molar-refractivity contribution in [1.82, 2.24) is 4.90 Å². The van der Waals surface area contributed by atoms with Gasteiger partial charge >= 0.3 is 5.97 Å². The van der Waals surface area contributed by atoms with Crippen molar-refractivity contribution < 1.29 is 23.9 Å². The molecule has 134 valence electrons. The fraction of sp³-hybridized carbons (Fsp3) is 0.444. The predicted molar refractivity (Wildman–Crippen MR) is 91.2 cm³/mol. The Morgan fingerprint density at radius 2 is 1.68 bits per heavy atom. The monoisotopic (exact) mass is 346 g/mol. The van der Waals surface area contributed by atoms with Crippen LogP contribution in [0.25, 0.3) is 0 Å². The van der Waals surface area contributed by atoms with E-state index in [1.165, 1.54) is 6.07 Å². The maximum Gasteiger partial charge on any atom is 0.326 e. The molecule has 0 saturated carbocycles. The summed E-state index contributed by atoms with van der Waals surface area (Å²) >= 11 is 0. The molecule has 0 aromatic heterocycles. The number of Topliss-reactive ketones (excluding diaryl/α,β-unsaturated/α-hetero) is 1. The number of ether oxygens (including phenoxy) is 1. The average molecular weight is 346 g/mol. The minimum absolute atomic E-state index is 0.0177. The van der Waals surface area contributed by atoms with Gasteiger partial charge in [-0.25, -0.2) is 0 Å². The molecule has 1 aromatic carbocycles. The van der Waals surface area contributed by atoms with Crippen molar-refractivity contribution in [3.63, 3.8) is 0 Å². The second kappa shape index (κ2) is 7.46. The quantitative estimate of drug-likeness (QED) is 0.574. The van der Waals surface area contributed by atoms with E-state index in [9.17, 15) is 19.2 Å². The molecule has 0 unspecified atom stereocenters. The summed E-state index contributed by atoms with van der Waals surface area (Å²) in [5.74, 6) is -2.46. The van der Waals surface area contributed by atoms with Crippen LogP contribution in [-0.2, 0) is 19.1 Å². The Bertz CT molecular complexity index is 703. The molecule has 0 spiro atoms. The smallest absolute Gasteiger partial charge is 0.326 e. The van der Waals surface area contributed by atoms with Gasteiger partial charge in [-0.1, -0.05) is 12.1 Å². The Morgan fingerprint density at radius 1 is 1.08 bits per heavy atom. The van der Waals surface area contributed by atoms with Gasteiger partial charge in [0.25, 0.3) is 17.6 Å². The van der Waals surface area contributed by atoms with Crippen molar-refractivity contribution in [3.05, 3.63) is 29.8 Å². The van der Waals surface area contributed by atoms with Gasteiger partial charge in [-0.15, -0.1) is 0 Å². The number of amides is 2. The van der Waals surface area contributed by atoms with Crippen LogP contribution in [0.2, 0.25) is 0 Å². The van der Waals surface area contributed by atoms with Crippen LogP contribution in [0, 0.1) is 0 Å². The van der Waals surface area contributed by atoms with E-state index in [2.05, 4.69) is 0 Å². The summed E-state index contributed by atoms with van der Waals surface area (Å²) in [6, 6.07) is 6.42. The molecular formula is C18H22N2O5. The third kappa shape index (κ3) is 3.87. The first-order chi connectivity index (χ1) is 11.7. The van der Waals surface area contributed by atoms with Crippen LogP contribution in [0.3, 0.4) is 0 Å². The number of para-hydroxylation sites is 1. The number of hydrogen-bond acceptors (Lipinski definition) is 5. The Morgan fingerprint density at radius 3 is 2.28 bits per heavy atom. The minimum Gasteiger partial charge on any atom is -0.454 e. The molecule has 2 rings (SSSR count). The van der Waals surface area contributed by atoms with Crippen LogP contribution in [0.15, 0.2) is 24.3 Å². The van der Waals surface area contributed by atoms with Gasteiger partial charge < -0.3 is 9.64 Å². The van der Waals surface area contributed by atoms with Crippen molar-refractivity contribution in [2.45, 2.75) is 39.8 Å². The van der Waals surface area contributed by atoms with Crippen LogP contribution in [0.5, 0.6) is 0 Å². The molecule has 1 aromatic rings. The highest BCUT2D eigenvalue weighted by Crippen LogP contribution is 2.28. The van der Waals surface area contributed by atoms with Crippen molar-refractivity contribution >= 4 is 29.3 Å². The number of nitrogens with zero attached hydrogens (tertiary/aromatic N) is 2. The third-order valence-corrected chi connectivity index (χ3v) is 3.92. The Kier molecular flexibility index (Phi) is 5.56. The summed E-state index contributed by atoms with van der Waals surface area (Å²) in [6.07, 6.45) is 0. The number of anilines is 1. The largest absolute Gasteiger partial charge is 0.454 e. The van der Waals surface area contributed by atoms with E-state index < -0.39 is 30.8 Å². The first-order valence-electron chi connectivity index (χ1n) is 8.16. The van der Waals surface area contributed by atoms with Gasteiger partial charge in [0.1, 0.15) is 6.54 Å². The van der Waals surface area contributed by atoms with Crippen LogP contribution in [0.4, 0.5) is 5.69 Å². The Hall–Kier alpha value is -2.70. The summed E-state index contributed by atoms with van der Waals surface area (Å²) in [4.78, 5) is 50.8. The molecule has 0 saturated heterocycles. The lowest BCUT2D eigenvalue weighted by Crippen LogP contribution is -2.44. The van der Waals surface area contributed by atoms with E-state index in [0.29, 0.717) is 5.69 Å². The summed E-state index contributed by atoms with van der Waals surface area (Å²) in [7, 11) is 0. The first-order valence-corrected chi connectivity index (χ1v) is 8.16. The Balaban J connectivity index is 1.98. The van der Waals surface area contributed by atoms with Gasteiger partial charge in [0, 0.05) is 12.1 Å². The van der Waals surface area contributed by atoms with Crippen LogP contribution < -0.4 is 4.90 Å². The molecule has 1 heterocycles. The molecule has 0 fully saturated rings. The molecule has 0 radical (unpaired) electrons. The van der Waals surface area contributed by atoms with Crippen molar-refractivity contribution in [2.24, 2.45) is 0 Å². The van der Waals surface area contributed by atoms with Crippen LogP contribution in [0.1, 0.15) is 38.1 Å². The van der Waals surface area contributed by atoms with Crippen LogP contribution in [-0.4, -0.2) is 53.7 Å². The standard InChI is InChI=1S/C18H22N2O5/c1-11(2)20(12(3)4)15(21)10-25-16(22)9-19-14-8-6-5-7-13(14)17(23)18(19)24/h5-8,11-12H,9-10H2,1-4H3. The second-order valence-corrected chi connectivity index (χ2v) is 6.39. The summed E-state index contributed by atoms with van der Waals surface area (Å²) in [5, 5.41) is 0. The minimum atomic E-state index is -0.768. The van der Waals surface area contributed by atoms with E-state index in [0.717, 1.165) is 4.90 Å². The van der Waals surface area contributed by atoms with Gasteiger partial charge in [-0.3, -0.25) is 24.1 Å². The SMILES string of the molecule is CC(C)N(C(=O)COC(=O)CN1C(=O)C(=O)c2ccccc21)C(C)C. The third-order valence-electron chi connectivity index (χ3n) is 3.92. The van der Waals surface area contributed by atoms with Gasteiger partial charge in [0.15, 0.2) is 6.61 Å². The number of esters is 1. The highest BCUT2D eigenvalue weighted by molar-refractivity contribution is 6.52. The van der Waals surface area contributed by atoms with Crippen LogP contribution >= 0.6 is 0 Å². The number of rotatable bonds is 6. The number of ketones is 1. The van der Waals surface area contributed by atoms with E-state index in [1.807, 2.05) is 27.7 Å². The van der Waals surface area contributed by atoms with Gasteiger partial charge in [-0.2, -0.15) is 0 Å².